The fraction of sp³-hybridized carbons (Fsp3) is 0.125. The van der Waals surface area contributed by atoms with Gasteiger partial charge in [0.15, 0.2) is 23.0 Å². The van der Waals surface area contributed by atoms with Crippen molar-refractivity contribution in [2.24, 2.45) is 4.99 Å². The minimum Gasteiger partial charge on any atom is -0.504 e. The topological polar surface area (TPSA) is 90.1 Å². The molecule has 21 heavy (non-hydrogen) atoms. The Hall–Kier alpha value is -2.82. The molecule has 5 nitrogen and oxygen atoms in total. The second kappa shape index (κ2) is 6.09. The monoisotopic (exact) mass is 285 g/mol. The van der Waals surface area contributed by atoms with Crippen LogP contribution in [0.1, 0.15) is 21.5 Å². The van der Waals surface area contributed by atoms with E-state index < -0.39 is 17.2 Å². The summed E-state index contributed by atoms with van der Waals surface area (Å²) < 4.78 is 0. The zero-order valence-electron chi connectivity index (χ0n) is 11.4. The molecule has 0 spiro atoms. The highest BCUT2D eigenvalue weighted by molar-refractivity contribution is 5.99. The zero-order chi connectivity index (χ0) is 15.4. The van der Waals surface area contributed by atoms with Crippen molar-refractivity contribution in [1.82, 2.24) is 0 Å². The Balaban J connectivity index is 2.06. The van der Waals surface area contributed by atoms with Crippen molar-refractivity contribution in [1.29, 1.82) is 0 Å². The van der Waals surface area contributed by atoms with E-state index in [9.17, 15) is 20.1 Å². The number of aromatic hydroxyl groups is 3. The average Bonchev–Trinajstić information content (AvgIpc) is 2.46. The van der Waals surface area contributed by atoms with Gasteiger partial charge in [0, 0.05) is 11.8 Å². The molecule has 0 fully saturated rings. The fourth-order valence-electron chi connectivity index (χ4n) is 1.74. The minimum absolute atomic E-state index is 0.0869. The first-order valence-corrected chi connectivity index (χ1v) is 6.32. The number of phenolic OH excluding ortho intramolecular Hbond substituents is 3. The summed E-state index contributed by atoms with van der Waals surface area (Å²) in [6.45, 7) is 1.87. The van der Waals surface area contributed by atoms with Crippen molar-refractivity contribution in [3.63, 3.8) is 0 Å². The molecule has 0 aliphatic carbocycles. The predicted molar refractivity (Wildman–Crippen MR) is 79.4 cm³/mol. The van der Waals surface area contributed by atoms with Crippen molar-refractivity contribution in [2.45, 2.75) is 6.92 Å². The Morgan fingerprint density at radius 1 is 1.10 bits per heavy atom. The number of phenols is 3. The van der Waals surface area contributed by atoms with Crippen molar-refractivity contribution < 1.29 is 20.1 Å². The third-order valence-corrected chi connectivity index (χ3v) is 2.94. The Labute approximate surface area is 121 Å². The summed E-state index contributed by atoms with van der Waals surface area (Å²) in [6.07, 6.45) is 1.58. The minimum atomic E-state index is -0.644. The summed E-state index contributed by atoms with van der Waals surface area (Å²) in [5, 5.41) is 27.9. The zero-order valence-corrected chi connectivity index (χ0v) is 11.4. The SMILES string of the molecule is Cc1ccc(C=NCC(=O)c2cc(O)c(O)c(O)c2)cc1. The van der Waals surface area contributed by atoms with Gasteiger partial charge in [-0.2, -0.15) is 0 Å². The lowest BCUT2D eigenvalue weighted by Crippen LogP contribution is -2.03. The molecule has 0 atom stereocenters. The number of benzene rings is 2. The van der Waals surface area contributed by atoms with Gasteiger partial charge in [-0.15, -0.1) is 0 Å². The van der Waals surface area contributed by atoms with Gasteiger partial charge in [0.1, 0.15) is 6.54 Å². The molecule has 2 aromatic carbocycles. The maximum Gasteiger partial charge on any atom is 0.200 e. The molecule has 0 saturated heterocycles. The second-order valence-corrected chi connectivity index (χ2v) is 4.67. The smallest absolute Gasteiger partial charge is 0.200 e. The van der Waals surface area contributed by atoms with Crippen LogP contribution in [0.2, 0.25) is 0 Å². The van der Waals surface area contributed by atoms with Crippen LogP contribution in [0.4, 0.5) is 0 Å². The molecule has 0 amide bonds. The summed E-state index contributed by atoms with van der Waals surface area (Å²) in [4.78, 5) is 15.9. The van der Waals surface area contributed by atoms with E-state index in [1.165, 1.54) is 0 Å². The molecule has 0 radical (unpaired) electrons. The molecular formula is C16H15NO4. The van der Waals surface area contributed by atoms with Crippen molar-refractivity contribution >= 4 is 12.0 Å². The number of hydrogen-bond donors (Lipinski definition) is 3. The predicted octanol–water partition coefficient (Wildman–Crippen LogP) is 2.41. The van der Waals surface area contributed by atoms with E-state index in [1.54, 1.807) is 6.21 Å². The first-order valence-electron chi connectivity index (χ1n) is 6.32. The van der Waals surface area contributed by atoms with Crippen LogP contribution in [-0.2, 0) is 0 Å². The quantitative estimate of drug-likeness (QED) is 0.457. The second-order valence-electron chi connectivity index (χ2n) is 4.67. The van der Waals surface area contributed by atoms with E-state index in [0.717, 1.165) is 23.3 Å². The van der Waals surface area contributed by atoms with E-state index in [4.69, 9.17) is 0 Å². The average molecular weight is 285 g/mol. The fourth-order valence-corrected chi connectivity index (χ4v) is 1.74. The molecule has 2 aromatic rings. The molecule has 0 aliphatic rings. The van der Waals surface area contributed by atoms with Gasteiger partial charge in [-0.05, 0) is 24.6 Å². The first-order chi connectivity index (χ1) is 9.97. The van der Waals surface area contributed by atoms with Gasteiger partial charge in [-0.25, -0.2) is 0 Å². The highest BCUT2D eigenvalue weighted by Gasteiger charge is 2.12. The van der Waals surface area contributed by atoms with Gasteiger partial charge < -0.3 is 15.3 Å². The summed E-state index contributed by atoms with van der Waals surface area (Å²) in [7, 11) is 0. The Morgan fingerprint density at radius 2 is 1.67 bits per heavy atom. The van der Waals surface area contributed by atoms with Crippen LogP contribution in [0.15, 0.2) is 41.4 Å². The van der Waals surface area contributed by atoms with Crippen LogP contribution in [0.5, 0.6) is 17.2 Å². The number of aryl methyl sites for hydroxylation is 1. The Morgan fingerprint density at radius 3 is 2.24 bits per heavy atom. The van der Waals surface area contributed by atoms with Crippen LogP contribution < -0.4 is 0 Å². The lowest BCUT2D eigenvalue weighted by atomic mass is 10.1. The highest BCUT2D eigenvalue weighted by atomic mass is 16.3. The summed E-state index contributed by atoms with van der Waals surface area (Å²) in [6, 6.07) is 9.86. The number of Topliss-reactive ketones (excluding diaryl/α,β-unsaturated/α-hetero) is 1. The maximum atomic E-state index is 11.9. The molecule has 0 saturated carbocycles. The molecule has 0 bridgehead atoms. The number of rotatable bonds is 4. The highest BCUT2D eigenvalue weighted by Crippen LogP contribution is 2.35. The van der Waals surface area contributed by atoms with E-state index in [1.807, 2.05) is 31.2 Å². The van der Waals surface area contributed by atoms with Crippen LogP contribution in [0.3, 0.4) is 0 Å². The van der Waals surface area contributed by atoms with Crippen molar-refractivity contribution in [3.05, 3.63) is 53.1 Å². The summed E-state index contributed by atoms with van der Waals surface area (Å²) in [5.74, 6) is -2.10. The number of hydrogen-bond acceptors (Lipinski definition) is 5. The van der Waals surface area contributed by atoms with Crippen LogP contribution in [0, 0.1) is 6.92 Å². The molecule has 2 rings (SSSR count). The van der Waals surface area contributed by atoms with E-state index in [0.29, 0.717) is 0 Å². The van der Waals surface area contributed by atoms with Crippen molar-refractivity contribution in [3.8, 4) is 17.2 Å². The van der Waals surface area contributed by atoms with E-state index >= 15 is 0 Å². The normalized spacial score (nSPS) is 10.9. The molecule has 0 aromatic heterocycles. The van der Waals surface area contributed by atoms with Gasteiger partial charge >= 0.3 is 0 Å². The number of carbonyl (C=O) groups is 1. The number of carbonyl (C=O) groups excluding carboxylic acids is 1. The lowest BCUT2D eigenvalue weighted by molar-refractivity contribution is 0.100. The summed E-state index contributed by atoms with van der Waals surface area (Å²) in [5.41, 5.74) is 2.10. The molecular weight excluding hydrogens is 270 g/mol. The Kier molecular flexibility index (Phi) is 4.23. The van der Waals surface area contributed by atoms with Gasteiger partial charge in [0.2, 0.25) is 0 Å². The largest absolute Gasteiger partial charge is 0.504 e. The Bertz CT molecular complexity index is 667. The summed E-state index contributed by atoms with van der Waals surface area (Å²) >= 11 is 0. The van der Waals surface area contributed by atoms with Gasteiger partial charge in [-0.1, -0.05) is 29.8 Å². The lowest BCUT2D eigenvalue weighted by Gasteiger charge is -2.03. The number of nitrogens with zero attached hydrogens (tertiary/aromatic N) is 1. The van der Waals surface area contributed by atoms with Crippen LogP contribution >= 0.6 is 0 Å². The van der Waals surface area contributed by atoms with Crippen LogP contribution in [0.25, 0.3) is 0 Å². The third-order valence-electron chi connectivity index (χ3n) is 2.94. The van der Waals surface area contributed by atoms with Crippen molar-refractivity contribution in [2.75, 3.05) is 6.54 Å². The molecule has 108 valence electrons. The van der Waals surface area contributed by atoms with E-state index in [-0.39, 0.29) is 17.9 Å². The van der Waals surface area contributed by atoms with Crippen LogP contribution in [-0.4, -0.2) is 33.9 Å². The van der Waals surface area contributed by atoms with Gasteiger partial charge in [-0.3, -0.25) is 9.79 Å². The molecule has 0 heterocycles. The van der Waals surface area contributed by atoms with E-state index in [2.05, 4.69) is 4.99 Å². The molecule has 0 unspecified atom stereocenters. The molecule has 3 N–H and O–H groups in total. The third kappa shape index (κ3) is 3.60. The maximum absolute atomic E-state index is 11.9. The van der Waals surface area contributed by atoms with Gasteiger partial charge in [0.25, 0.3) is 0 Å². The molecule has 5 heteroatoms. The number of aliphatic imine (C=N–C) groups is 1. The number of ketones is 1. The standard InChI is InChI=1S/C16H15NO4/c1-10-2-4-11(5-3-10)8-17-9-15(20)12-6-13(18)16(21)14(19)7-12/h2-8,18-19,21H,9H2,1H3. The first kappa shape index (κ1) is 14.6. The van der Waals surface area contributed by atoms with Gasteiger partial charge in [0.05, 0.1) is 0 Å². The molecule has 0 aliphatic heterocycles.